The molecule has 0 saturated carbocycles. The minimum atomic E-state index is -3.40. The molecule has 0 heterocycles. The Morgan fingerprint density at radius 1 is 1.12 bits per heavy atom. The van der Waals surface area contributed by atoms with Crippen molar-refractivity contribution >= 4 is 10.1 Å². The van der Waals surface area contributed by atoms with Crippen LogP contribution in [0.25, 0.3) is 0 Å². The summed E-state index contributed by atoms with van der Waals surface area (Å²) in [5.41, 5.74) is 0. The Morgan fingerprint density at radius 2 is 1.59 bits per heavy atom. The highest BCUT2D eigenvalue weighted by Crippen LogP contribution is 2.19. The molecule has 0 rings (SSSR count). The maximum absolute atomic E-state index is 11.8. The maximum atomic E-state index is 11.8. The Labute approximate surface area is 106 Å². The van der Waals surface area contributed by atoms with E-state index in [9.17, 15) is 8.42 Å². The molecule has 4 heteroatoms. The highest BCUT2D eigenvalue weighted by molar-refractivity contribution is 7.87. The fourth-order valence-electron chi connectivity index (χ4n) is 1.67. The molecule has 0 fully saturated rings. The quantitative estimate of drug-likeness (QED) is 0.325. The molecule has 17 heavy (non-hydrogen) atoms. The van der Waals surface area contributed by atoms with Crippen molar-refractivity contribution in [2.75, 3.05) is 6.61 Å². The number of allylic oxidation sites excluding steroid dienone is 2. The Bertz CT molecular complexity index is 293. The summed E-state index contributed by atoms with van der Waals surface area (Å²) >= 11 is 0. The minimum absolute atomic E-state index is 0.210. The fourth-order valence-corrected chi connectivity index (χ4v) is 3.10. The summed E-state index contributed by atoms with van der Waals surface area (Å²) in [7, 11) is -3.40. The van der Waals surface area contributed by atoms with Crippen LogP contribution in [-0.4, -0.2) is 20.3 Å². The van der Waals surface area contributed by atoms with Gasteiger partial charge in [0.15, 0.2) is 0 Å². The van der Waals surface area contributed by atoms with Gasteiger partial charge in [-0.25, -0.2) is 0 Å². The van der Waals surface area contributed by atoms with Crippen molar-refractivity contribution in [2.45, 2.75) is 50.7 Å². The zero-order valence-electron chi connectivity index (χ0n) is 10.7. The van der Waals surface area contributed by atoms with Gasteiger partial charge in [0.05, 0.1) is 11.9 Å². The van der Waals surface area contributed by atoms with Crippen LogP contribution >= 0.6 is 0 Å². The molecule has 0 amide bonds. The van der Waals surface area contributed by atoms with Crippen LogP contribution < -0.4 is 0 Å². The maximum Gasteiger partial charge on any atom is 0.270 e. The lowest BCUT2D eigenvalue weighted by molar-refractivity contribution is 0.326. The summed E-state index contributed by atoms with van der Waals surface area (Å²) in [5, 5.41) is -0.387. The Hall–Kier alpha value is -0.610. The zero-order valence-corrected chi connectivity index (χ0v) is 11.5. The summed E-state index contributed by atoms with van der Waals surface area (Å²) in [6, 6.07) is 0. The van der Waals surface area contributed by atoms with Gasteiger partial charge in [0.25, 0.3) is 10.1 Å². The normalized spacial score (nSPS) is 11.6. The van der Waals surface area contributed by atoms with E-state index < -0.39 is 10.1 Å². The second kappa shape index (κ2) is 9.42. The summed E-state index contributed by atoms with van der Waals surface area (Å²) in [4.78, 5) is 0. The fraction of sp³-hybridized carbons (Fsp3) is 0.692. The lowest BCUT2D eigenvalue weighted by Crippen LogP contribution is -2.23. The van der Waals surface area contributed by atoms with Gasteiger partial charge in [0.2, 0.25) is 0 Å². The highest BCUT2D eigenvalue weighted by atomic mass is 32.2. The van der Waals surface area contributed by atoms with Crippen molar-refractivity contribution < 1.29 is 12.6 Å². The van der Waals surface area contributed by atoms with Gasteiger partial charge < -0.3 is 0 Å². The predicted octanol–water partition coefficient (Wildman–Crippen LogP) is 3.43. The first-order chi connectivity index (χ1) is 8.08. The molecule has 0 N–H and O–H groups in total. The molecule has 0 atom stereocenters. The molecule has 0 spiro atoms. The van der Waals surface area contributed by atoms with Crippen LogP contribution in [0.3, 0.4) is 0 Å². The first kappa shape index (κ1) is 16.4. The van der Waals surface area contributed by atoms with E-state index in [1.165, 1.54) is 0 Å². The van der Waals surface area contributed by atoms with Crippen molar-refractivity contribution in [1.29, 1.82) is 0 Å². The standard InChI is InChI=1S/C13H24O3S/c1-4-7-9-11-13(12-10-8-5-2)17(14,15)16-6-3/h4-5,13H,1-2,6-12H2,3H3. The minimum Gasteiger partial charge on any atom is -0.270 e. The van der Waals surface area contributed by atoms with Crippen LogP contribution in [-0.2, 0) is 14.3 Å². The molecule has 0 aliphatic heterocycles. The van der Waals surface area contributed by atoms with Gasteiger partial charge >= 0.3 is 0 Å². The van der Waals surface area contributed by atoms with E-state index >= 15 is 0 Å². The highest BCUT2D eigenvalue weighted by Gasteiger charge is 2.24. The zero-order chi connectivity index (χ0) is 13.1. The van der Waals surface area contributed by atoms with Crippen molar-refractivity contribution in [3.8, 4) is 0 Å². The third-order valence-corrected chi connectivity index (χ3v) is 4.41. The summed E-state index contributed by atoms with van der Waals surface area (Å²) in [6.45, 7) is 9.18. The average Bonchev–Trinajstić information content (AvgIpc) is 2.27. The van der Waals surface area contributed by atoms with Gasteiger partial charge in [0.1, 0.15) is 0 Å². The van der Waals surface area contributed by atoms with E-state index in [1.54, 1.807) is 6.92 Å². The number of rotatable bonds is 11. The predicted molar refractivity (Wildman–Crippen MR) is 72.4 cm³/mol. The third-order valence-electron chi connectivity index (χ3n) is 2.56. The lowest BCUT2D eigenvalue weighted by Gasteiger charge is -2.16. The summed E-state index contributed by atoms with van der Waals surface area (Å²) in [5.74, 6) is 0. The van der Waals surface area contributed by atoms with Crippen LogP contribution in [0.5, 0.6) is 0 Å². The first-order valence-corrected chi connectivity index (χ1v) is 7.65. The average molecular weight is 260 g/mol. The molecule has 100 valence electrons. The Kier molecular flexibility index (Phi) is 9.09. The summed E-state index contributed by atoms with van der Waals surface area (Å²) in [6.07, 6.45) is 8.29. The lowest BCUT2D eigenvalue weighted by atomic mass is 10.1. The van der Waals surface area contributed by atoms with E-state index in [1.807, 2.05) is 12.2 Å². The molecule has 0 aliphatic rings. The van der Waals surface area contributed by atoms with Crippen LogP contribution in [0.15, 0.2) is 25.3 Å². The van der Waals surface area contributed by atoms with Gasteiger partial charge in [-0.15, -0.1) is 13.2 Å². The van der Waals surface area contributed by atoms with Crippen molar-refractivity contribution in [1.82, 2.24) is 0 Å². The number of unbranched alkanes of at least 4 members (excludes halogenated alkanes) is 2. The molecule has 0 aliphatic carbocycles. The van der Waals surface area contributed by atoms with Crippen molar-refractivity contribution in [3.05, 3.63) is 25.3 Å². The van der Waals surface area contributed by atoms with Crippen LogP contribution in [0, 0.1) is 0 Å². The molecular weight excluding hydrogens is 236 g/mol. The van der Waals surface area contributed by atoms with Gasteiger partial charge in [-0.1, -0.05) is 12.2 Å². The molecule has 0 aromatic rings. The second-order valence-electron chi connectivity index (χ2n) is 3.96. The topological polar surface area (TPSA) is 43.4 Å². The first-order valence-electron chi connectivity index (χ1n) is 6.18. The van der Waals surface area contributed by atoms with Gasteiger partial charge in [-0.05, 0) is 45.4 Å². The van der Waals surface area contributed by atoms with Crippen molar-refractivity contribution in [3.63, 3.8) is 0 Å². The number of hydrogen-bond acceptors (Lipinski definition) is 3. The Morgan fingerprint density at radius 3 is 1.94 bits per heavy atom. The third kappa shape index (κ3) is 7.34. The van der Waals surface area contributed by atoms with E-state index in [2.05, 4.69) is 13.2 Å². The smallest absolute Gasteiger partial charge is 0.270 e. The molecular formula is C13H24O3S. The largest absolute Gasteiger partial charge is 0.270 e. The van der Waals surface area contributed by atoms with E-state index in [0.29, 0.717) is 12.8 Å². The molecule has 0 aromatic carbocycles. The molecule has 3 nitrogen and oxygen atoms in total. The molecule has 0 radical (unpaired) electrons. The van der Waals surface area contributed by atoms with E-state index in [-0.39, 0.29) is 11.9 Å². The second-order valence-corrected chi connectivity index (χ2v) is 5.85. The van der Waals surface area contributed by atoms with Crippen LogP contribution in [0.1, 0.15) is 45.4 Å². The molecule has 0 saturated heterocycles. The molecule has 0 aromatic heterocycles. The SMILES string of the molecule is C=CCCCC(CCCC=C)S(=O)(=O)OCC. The monoisotopic (exact) mass is 260 g/mol. The Balaban J connectivity index is 4.36. The number of hydrogen-bond donors (Lipinski definition) is 0. The van der Waals surface area contributed by atoms with Gasteiger partial charge in [-0.2, -0.15) is 8.42 Å². The molecule has 0 bridgehead atoms. The van der Waals surface area contributed by atoms with Gasteiger partial charge in [-0.3, -0.25) is 4.18 Å². The van der Waals surface area contributed by atoms with Crippen LogP contribution in [0.2, 0.25) is 0 Å². The van der Waals surface area contributed by atoms with Crippen molar-refractivity contribution in [2.24, 2.45) is 0 Å². The van der Waals surface area contributed by atoms with E-state index in [0.717, 1.165) is 25.7 Å². The van der Waals surface area contributed by atoms with E-state index in [4.69, 9.17) is 4.18 Å². The summed E-state index contributed by atoms with van der Waals surface area (Å²) < 4.78 is 28.6. The van der Waals surface area contributed by atoms with Crippen LogP contribution in [0.4, 0.5) is 0 Å². The molecule has 0 unspecified atom stereocenters. The van der Waals surface area contributed by atoms with Gasteiger partial charge in [0, 0.05) is 0 Å².